The van der Waals surface area contributed by atoms with Gasteiger partial charge >= 0.3 is 0 Å². The van der Waals surface area contributed by atoms with Gasteiger partial charge in [-0.2, -0.15) is 5.10 Å². The summed E-state index contributed by atoms with van der Waals surface area (Å²) in [5.74, 6) is 0.671. The van der Waals surface area contributed by atoms with Gasteiger partial charge in [0.15, 0.2) is 11.6 Å². The SMILES string of the molecule is Cn1cc2cc(-c3ccc4nc(N5CC[C@H](NCC6CC6)C5)ccc4n3)c(O)c(F)c2n1. The summed E-state index contributed by atoms with van der Waals surface area (Å²) in [7, 11) is 1.72. The van der Waals surface area contributed by atoms with Gasteiger partial charge in [0.25, 0.3) is 0 Å². The van der Waals surface area contributed by atoms with Crippen LogP contribution in [-0.4, -0.2) is 50.5 Å². The van der Waals surface area contributed by atoms with Crippen molar-refractivity contribution in [3.63, 3.8) is 0 Å². The molecule has 1 saturated heterocycles. The highest BCUT2D eigenvalue weighted by Gasteiger charge is 2.27. The predicted octanol–water partition coefficient (Wildman–Crippen LogP) is 3.61. The Labute approximate surface area is 184 Å². The molecule has 1 aromatic carbocycles. The van der Waals surface area contributed by atoms with Crippen molar-refractivity contribution in [3.8, 4) is 17.0 Å². The number of halogens is 1. The van der Waals surface area contributed by atoms with Crippen LogP contribution in [0.5, 0.6) is 5.75 Å². The first-order valence-corrected chi connectivity index (χ1v) is 11.2. The number of hydrogen-bond donors (Lipinski definition) is 2. The first kappa shape index (κ1) is 19.4. The summed E-state index contributed by atoms with van der Waals surface area (Å²) in [6.45, 7) is 3.09. The van der Waals surface area contributed by atoms with E-state index in [0.717, 1.165) is 43.3 Å². The first-order chi connectivity index (χ1) is 15.5. The van der Waals surface area contributed by atoms with Crippen LogP contribution in [0.3, 0.4) is 0 Å². The molecule has 164 valence electrons. The lowest BCUT2D eigenvalue weighted by atomic mass is 10.1. The van der Waals surface area contributed by atoms with E-state index in [0.29, 0.717) is 28.2 Å². The number of phenols is 1. The minimum atomic E-state index is -0.729. The van der Waals surface area contributed by atoms with Crippen LogP contribution in [0, 0.1) is 11.7 Å². The van der Waals surface area contributed by atoms with E-state index in [9.17, 15) is 9.50 Å². The van der Waals surface area contributed by atoms with Crippen molar-refractivity contribution in [1.82, 2.24) is 25.1 Å². The molecular weight excluding hydrogens is 407 g/mol. The molecule has 7 nitrogen and oxygen atoms in total. The molecule has 1 aliphatic heterocycles. The first-order valence-electron chi connectivity index (χ1n) is 11.2. The average Bonchev–Trinajstić information content (AvgIpc) is 3.37. The number of aromatic hydroxyl groups is 1. The lowest BCUT2D eigenvalue weighted by Crippen LogP contribution is -2.34. The molecule has 4 heterocycles. The summed E-state index contributed by atoms with van der Waals surface area (Å²) in [6.07, 6.45) is 5.58. The fourth-order valence-corrected chi connectivity index (χ4v) is 4.55. The van der Waals surface area contributed by atoms with Gasteiger partial charge < -0.3 is 15.3 Å². The van der Waals surface area contributed by atoms with Gasteiger partial charge in [0.1, 0.15) is 11.3 Å². The minimum Gasteiger partial charge on any atom is -0.504 e. The summed E-state index contributed by atoms with van der Waals surface area (Å²) in [5, 5.41) is 18.8. The zero-order valence-corrected chi connectivity index (χ0v) is 17.9. The molecule has 0 amide bonds. The molecular formula is C24H25FN6O. The molecule has 3 aromatic heterocycles. The molecule has 2 aliphatic rings. The Morgan fingerprint density at radius 2 is 1.94 bits per heavy atom. The van der Waals surface area contributed by atoms with Crippen molar-refractivity contribution in [2.45, 2.75) is 25.3 Å². The van der Waals surface area contributed by atoms with Crippen LogP contribution in [-0.2, 0) is 7.05 Å². The van der Waals surface area contributed by atoms with Crippen molar-refractivity contribution in [3.05, 3.63) is 42.3 Å². The van der Waals surface area contributed by atoms with Gasteiger partial charge in [0.05, 0.1) is 16.7 Å². The zero-order chi connectivity index (χ0) is 21.8. The molecule has 1 atom stereocenters. The summed E-state index contributed by atoms with van der Waals surface area (Å²) in [4.78, 5) is 11.8. The molecule has 32 heavy (non-hydrogen) atoms. The Morgan fingerprint density at radius 3 is 2.78 bits per heavy atom. The van der Waals surface area contributed by atoms with Crippen molar-refractivity contribution in [2.24, 2.45) is 13.0 Å². The average molecular weight is 433 g/mol. The number of aryl methyl sites for hydroxylation is 1. The molecule has 1 saturated carbocycles. The number of hydrogen-bond acceptors (Lipinski definition) is 6. The van der Waals surface area contributed by atoms with Gasteiger partial charge in [-0.15, -0.1) is 0 Å². The van der Waals surface area contributed by atoms with E-state index in [2.05, 4.69) is 20.3 Å². The van der Waals surface area contributed by atoms with E-state index in [4.69, 9.17) is 4.98 Å². The molecule has 4 aromatic rings. The van der Waals surface area contributed by atoms with Crippen LogP contribution in [0.15, 0.2) is 36.5 Å². The summed E-state index contributed by atoms with van der Waals surface area (Å²) < 4.78 is 16.2. The largest absolute Gasteiger partial charge is 0.504 e. The van der Waals surface area contributed by atoms with E-state index in [1.54, 1.807) is 25.4 Å². The smallest absolute Gasteiger partial charge is 0.193 e. The van der Waals surface area contributed by atoms with Crippen molar-refractivity contribution < 1.29 is 9.50 Å². The second kappa shape index (κ2) is 7.41. The van der Waals surface area contributed by atoms with E-state index in [-0.39, 0.29) is 5.52 Å². The van der Waals surface area contributed by atoms with Gasteiger partial charge in [-0.1, -0.05) is 0 Å². The number of rotatable bonds is 5. The Balaban J connectivity index is 1.28. The van der Waals surface area contributed by atoms with Crippen molar-refractivity contribution in [1.29, 1.82) is 0 Å². The molecule has 0 radical (unpaired) electrons. The standard InChI is InChI=1S/C24H25FN6O/c1-30-12-15-10-17(24(32)22(25)23(15)29-30)18-4-5-20-19(27-18)6-7-21(28-20)31-9-8-16(13-31)26-11-14-2-3-14/h4-7,10,12,14,16,26,32H,2-3,8-9,11,13H2,1H3/t16-/m0/s1. The molecule has 8 heteroatoms. The van der Waals surface area contributed by atoms with Crippen LogP contribution in [0.2, 0.25) is 0 Å². The molecule has 2 N–H and O–H groups in total. The van der Waals surface area contributed by atoms with Crippen LogP contribution in [0.1, 0.15) is 19.3 Å². The van der Waals surface area contributed by atoms with E-state index in [1.807, 2.05) is 18.2 Å². The lowest BCUT2D eigenvalue weighted by Gasteiger charge is -2.18. The summed E-state index contributed by atoms with van der Waals surface area (Å²) in [5.41, 5.74) is 2.48. The minimum absolute atomic E-state index is 0.149. The van der Waals surface area contributed by atoms with Crippen LogP contribution >= 0.6 is 0 Å². The van der Waals surface area contributed by atoms with Crippen LogP contribution in [0.25, 0.3) is 33.2 Å². The molecule has 1 aliphatic carbocycles. The quantitative estimate of drug-likeness (QED) is 0.502. The Bertz CT molecular complexity index is 1330. The number of fused-ring (bicyclic) bond motifs is 2. The maximum Gasteiger partial charge on any atom is 0.193 e. The number of anilines is 1. The number of aromatic nitrogens is 4. The van der Waals surface area contributed by atoms with E-state index >= 15 is 0 Å². The summed E-state index contributed by atoms with van der Waals surface area (Å²) in [6, 6.07) is 9.84. The monoisotopic (exact) mass is 432 g/mol. The van der Waals surface area contributed by atoms with Crippen LogP contribution < -0.4 is 10.2 Å². The highest BCUT2D eigenvalue weighted by Crippen LogP contribution is 2.36. The third-order valence-electron chi connectivity index (χ3n) is 6.54. The molecule has 0 spiro atoms. The highest BCUT2D eigenvalue weighted by atomic mass is 19.1. The third-order valence-corrected chi connectivity index (χ3v) is 6.54. The van der Waals surface area contributed by atoms with Gasteiger partial charge in [-0.3, -0.25) is 4.68 Å². The van der Waals surface area contributed by atoms with E-state index in [1.165, 1.54) is 17.5 Å². The number of pyridine rings is 2. The normalized spacial score (nSPS) is 18.8. The van der Waals surface area contributed by atoms with Crippen molar-refractivity contribution in [2.75, 3.05) is 24.5 Å². The van der Waals surface area contributed by atoms with Gasteiger partial charge in [-0.25, -0.2) is 14.4 Å². The number of nitrogens with one attached hydrogen (secondary N) is 1. The lowest BCUT2D eigenvalue weighted by molar-refractivity contribution is 0.437. The number of phenolic OH excluding ortho intramolecular Hbond substituents is 1. The van der Waals surface area contributed by atoms with E-state index < -0.39 is 11.6 Å². The maximum absolute atomic E-state index is 14.7. The van der Waals surface area contributed by atoms with Gasteiger partial charge in [0.2, 0.25) is 0 Å². The van der Waals surface area contributed by atoms with Gasteiger partial charge in [-0.05, 0) is 62.1 Å². The Kier molecular flexibility index (Phi) is 4.50. The topological polar surface area (TPSA) is 79.1 Å². The fraction of sp³-hybridized carbons (Fsp3) is 0.375. The molecule has 2 fully saturated rings. The predicted molar refractivity (Wildman–Crippen MR) is 122 cm³/mol. The molecule has 0 bridgehead atoms. The number of benzene rings is 1. The second-order valence-corrected chi connectivity index (χ2v) is 9.01. The molecule has 0 unspecified atom stereocenters. The summed E-state index contributed by atoms with van der Waals surface area (Å²) >= 11 is 0. The Hall–Kier alpha value is -3.26. The molecule has 6 rings (SSSR count). The zero-order valence-electron chi connectivity index (χ0n) is 17.9. The highest BCUT2D eigenvalue weighted by molar-refractivity contribution is 5.89. The third kappa shape index (κ3) is 3.44. The Morgan fingerprint density at radius 1 is 1.12 bits per heavy atom. The maximum atomic E-state index is 14.7. The van der Waals surface area contributed by atoms with Crippen molar-refractivity contribution >= 4 is 27.8 Å². The second-order valence-electron chi connectivity index (χ2n) is 9.01. The fourth-order valence-electron chi connectivity index (χ4n) is 4.55. The van der Waals surface area contributed by atoms with Crippen LogP contribution in [0.4, 0.5) is 10.2 Å². The van der Waals surface area contributed by atoms with Gasteiger partial charge in [0, 0.05) is 43.3 Å². The number of nitrogens with zero attached hydrogens (tertiary/aromatic N) is 5.